The van der Waals surface area contributed by atoms with Crippen LogP contribution in [-0.4, -0.2) is 50.0 Å². The summed E-state index contributed by atoms with van der Waals surface area (Å²) in [6.45, 7) is 3.11. The summed E-state index contributed by atoms with van der Waals surface area (Å²) in [6.07, 6.45) is 5.09. The fourth-order valence-corrected chi connectivity index (χ4v) is 3.89. The van der Waals surface area contributed by atoms with Gasteiger partial charge in [-0.2, -0.15) is 5.10 Å². The quantitative estimate of drug-likeness (QED) is 0.524. The van der Waals surface area contributed by atoms with E-state index in [-0.39, 0.29) is 17.7 Å². The van der Waals surface area contributed by atoms with Gasteiger partial charge in [0.25, 0.3) is 5.91 Å². The molecular weight excluding hydrogens is 396 g/mol. The van der Waals surface area contributed by atoms with Crippen molar-refractivity contribution in [3.63, 3.8) is 0 Å². The molecule has 1 saturated heterocycles. The maximum absolute atomic E-state index is 13.0. The van der Waals surface area contributed by atoms with Gasteiger partial charge in [0.2, 0.25) is 5.89 Å². The van der Waals surface area contributed by atoms with E-state index in [0.29, 0.717) is 31.1 Å². The number of aromatic nitrogens is 4. The molecule has 1 amide bonds. The molecule has 158 valence electrons. The molecule has 0 saturated carbocycles. The third-order valence-electron chi connectivity index (χ3n) is 5.50. The first kappa shape index (κ1) is 19.3. The van der Waals surface area contributed by atoms with Gasteiger partial charge in [-0.05, 0) is 37.6 Å². The van der Waals surface area contributed by atoms with E-state index in [1.54, 1.807) is 23.1 Å². The van der Waals surface area contributed by atoms with Crippen LogP contribution in [-0.2, 0) is 7.05 Å². The Morgan fingerprint density at radius 1 is 1.32 bits per heavy atom. The second kappa shape index (κ2) is 7.51. The molecule has 9 nitrogen and oxygen atoms in total. The van der Waals surface area contributed by atoms with Crippen LogP contribution in [0.2, 0.25) is 0 Å². The van der Waals surface area contributed by atoms with Crippen molar-refractivity contribution in [1.29, 1.82) is 0 Å². The summed E-state index contributed by atoms with van der Waals surface area (Å²) in [5.74, 6) is -0.00809. The van der Waals surface area contributed by atoms with Crippen molar-refractivity contribution >= 4 is 28.2 Å². The normalized spacial score (nSPS) is 16.2. The Balaban J connectivity index is 1.46. The predicted molar refractivity (Wildman–Crippen MR) is 116 cm³/mol. The monoisotopic (exact) mass is 418 g/mol. The first-order valence-corrected chi connectivity index (χ1v) is 10.1. The number of aliphatic hydroxyl groups excluding tert-OH is 1. The lowest BCUT2D eigenvalue weighted by Crippen LogP contribution is -2.23. The topological polar surface area (TPSA) is 109 Å². The van der Waals surface area contributed by atoms with Gasteiger partial charge < -0.3 is 19.7 Å². The van der Waals surface area contributed by atoms with Crippen LogP contribution in [0.4, 0.5) is 11.4 Å². The van der Waals surface area contributed by atoms with E-state index in [9.17, 15) is 9.90 Å². The van der Waals surface area contributed by atoms with Crippen molar-refractivity contribution in [2.45, 2.75) is 19.4 Å². The number of hydrogen-bond donors (Lipinski definition) is 2. The number of nitrogens with one attached hydrogen (secondary N) is 1. The molecule has 0 unspecified atom stereocenters. The van der Waals surface area contributed by atoms with Crippen molar-refractivity contribution in [2.24, 2.45) is 7.05 Å². The van der Waals surface area contributed by atoms with Crippen molar-refractivity contribution in [2.75, 3.05) is 23.3 Å². The summed E-state index contributed by atoms with van der Waals surface area (Å²) in [5.41, 5.74) is 4.21. The molecule has 1 aliphatic rings. The average Bonchev–Trinajstić information content (AvgIpc) is 3.48. The van der Waals surface area contributed by atoms with Gasteiger partial charge in [-0.3, -0.25) is 14.5 Å². The van der Waals surface area contributed by atoms with E-state index in [2.05, 4.69) is 25.3 Å². The lowest BCUT2D eigenvalue weighted by molar-refractivity contribution is 0.102. The van der Waals surface area contributed by atoms with E-state index in [1.165, 1.54) is 6.26 Å². The number of anilines is 2. The van der Waals surface area contributed by atoms with E-state index < -0.39 is 0 Å². The number of hydrogen-bond acceptors (Lipinski definition) is 7. The molecule has 0 radical (unpaired) electrons. The molecule has 0 bridgehead atoms. The molecular formula is C22H22N6O3. The number of carbonyl (C=O) groups is 1. The Morgan fingerprint density at radius 2 is 2.19 bits per heavy atom. The first-order chi connectivity index (χ1) is 15.0. The molecule has 1 fully saturated rings. The number of pyridine rings is 1. The number of amides is 1. The van der Waals surface area contributed by atoms with Gasteiger partial charge in [-0.15, -0.1) is 0 Å². The SMILES string of the molecule is Cc1cc(-c2nc(C(=O)Nc3cc4cnn(C)c4cc3N3CC[C@H](O)C3)co2)ccn1. The largest absolute Gasteiger partial charge is 0.444 e. The Morgan fingerprint density at radius 3 is 2.97 bits per heavy atom. The number of aliphatic hydroxyl groups is 1. The standard InChI is InChI=1S/C22H22N6O3/c1-13-7-14(3-5-23-13)22-26-18(12-31-22)21(30)25-17-8-15-10-24-27(2)19(15)9-20(17)28-6-4-16(29)11-28/h3,5,7-10,12,16,29H,4,6,11H2,1-2H3,(H,25,30)/t16-/m0/s1. The van der Waals surface area contributed by atoms with Crippen molar-refractivity contribution in [3.8, 4) is 11.5 Å². The van der Waals surface area contributed by atoms with Crippen LogP contribution >= 0.6 is 0 Å². The van der Waals surface area contributed by atoms with E-state index in [0.717, 1.165) is 27.8 Å². The smallest absolute Gasteiger partial charge is 0.277 e. The summed E-state index contributed by atoms with van der Waals surface area (Å²) < 4.78 is 7.31. The number of aryl methyl sites for hydroxylation is 2. The van der Waals surface area contributed by atoms with Gasteiger partial charge in [-0.25, -0.2) is 4.98 Å². The molecule has 0 spiro atoms. The third-order valence-corrected chi connectivity index (χ3v) is 5.50. The molecule has 1 aromatic carbocycles. The molecule has 31 heavy (non-hydrogen) atoms. The molecule has 1 aliphatic heterocycles. The third kappa shape index (κ3) is 3.64. The highest BCUT2D eigenvalue weighted by molar-refractivity contribution is 6.06. The summed E-state index contributed by atoms with van der Waals surface area (Å²) >= 11 is 0. The summed E-state index contributed by atoms with van der Waals surface area (Å²) in [7, 11) is 1.88. The Kier molecular flexibility index (Phi) is 4.67. The van der Waals surface area contributed by atoms with Crippen molar-refractivity contribution in [3.05, 3.63) is 54.3 Å². The minimum Gasteiger partial charge on any atom is -0.444 e. The number of carbonyl (C=O) groups excluding carboxylic acids is 1. The number of benzene rings is 1. The van der Waals surface area contributed by atoms with Gasteiger partial charge in [0.15, 0.2) is 5.69 Å². The summed E-state index contributed by atoms with van der Waals surface area (Å²) in [4.78, 5) is 23.5. The Bertz CT molecular complexity index is 1280. The average molecular weight is 418 g/mol. The second-order valence-corrected chi connectivity index (χ2v) is 7.76. The lowest BCUT2D eigenvalue weighted by Gasteiger charge is -2.22. The molecule has 4 aromatic rings. The molecule has 1 atom stereocenters. The van der Waals surface area contributed by atoms with Crippen LogP contribution in [0.5, 0.6) is 0 Å². The first-order valence-electron chi connectivity index (χ1n) is 10.1. The molecule has 3 aromatic heterocycles. The zero-order valence-corrected chi connectivity index (χ0v) is 17.2. The molecule has 2 N–H and O–H groups in total. The van der Waals surface area contributed by atoms with Crippen molar-refractivity contribution < 1.29 is 14.3 Å². The lowest BCUT2D eigenvalue weighted by atomic mass is 10.1. The van der Waals surface area contributed by atoms with Gasteiger partial charge in [0.05, 0.1) is 29.2 Å². The predicted octanol–water partition coefficient (Wildman–Crippen LogP) is 2.76. The highest BCUT2D eigenvalue weighted by atomic mass is 16.3. The van der Waals surface area contributed by atoms with E-state index in [1.807, 2.05) is 32.2 Å². The number of rotatable bonds is 4. The second-order valence-electron chi connectivity index (χ2n) is 7.76. The Labute approximate surface area is 178 Å². The maximum Gasteiger partial charge on any atom is 0.277 e. The number of β-amino-alcohol motifs (C(OH)–C–C–N with tert-alkyl or cyclic N) is 1. The van der Waals surface area contributed by atoms with Crippen LogP contribution < -0.4 is 10.2 Å². The molecule has 0 aliphatic carbocycles. The molecule has 9 heteroatoms. The highest BCUT2D eigenvalue weighted by Gasteiger charge is 2.25. The Hall–Kier alpha value is -3.72. The van der Waals surface area contributed by atoms with Crippen LogP contribution in [0.25, 0.3) is 22.4 Å². The molecule has 4 heterocycles. The van der Waals surface area contributed by atoms with E-state index in [4.69, 9.17) is 4.42 Å². The van der Waals surface area contributed by atoms with Crippen LogP contribution in [0.15, 0.2) is 47.3 Å². The highest BCUT2D eigenvalue weighted by Crippen LogP contribution is 2.34. The van der Waals surface area contributed by atoms with Crippen LogP contribution in [0, 0.1) is 6.92 Å². The molecule has 5 rings (SSSR count). The zero-order valence-electron chi connectivity index (χ0n) is 17.2. The summed E-state index contributed by atoms with van der Waals surface area (Å²) in [6, 6.07) is 7.52. The van der Waals surface area contributed by atoms with Crippen LogP contribution in [0.1, 0.15) is 22.6 Å². The zero-order chi connectivity index (χ0) is 21.5. The number of nitrogens with zero attached hydrogens (tertiary/aromatic N) is 5. The van der Waals surface area contributed by atoms with Gasteiger partial charge >= 0.3 is 0 Å². The fraction of sp³-hybridized carbons (Fsp3) is 0.273. The number of fused-ring (bicyclic) bond motifs is 1. The minimum absolute atomic E-state index is 0.183. The number of oxazole rings is 1. The van der Waals surface area contributed by atoms with Gasteiger partial charge in [0.1, 0.15) is 6.26 Å². The fourth-order valence-electron chi connectivity index (χ4n) is 3.89. The summed E-state index contributed by atoms with van der Waals surface area (Å²) in [5, 5.41) is 18.2. The van der Waals surface area contributed by atoms with E-state index >= 15 is 0 Å². The van der Waals surface area contributed by atoms with Gasteiger partial charge in [0, 0.05) is 43.0 Å². The van der Waals surface area contributed by atoms with Crippen molar-refractivity contribution in [1.82, 2.24) is 19.7 Å². The van der Waals surface area contributed by atoms with Gasteiger partial charge in [-0.1, -0.05) is 0 Å². The van der Waals surface area contributed by atoms with Crippen LogP contribution in [0.3, 0.4) is 0 Å². The minimum atomic E-state index is -0.382. The maximum atomic E-state index is 13.0.